The van der Waals surface area contributed by atoms with Gasteiger partial charge in [0.2, 0.25) is 0 Å². The van der Waals surface area contributed by atoms with Crippen molar-refractivity contribution in [1.29, 1.82) is 0 Å². The highest BCUT2D eigenvalue weighted by Crippen LogP contribution is 2.56. The van der Waals surface area contributed by atoms with Crippen molar-refractivity contribution in [2.45, 2.75) is 52.9 Å². The highest BCUT2D eigenvalue weighted by atomic mass is 14.5. The predicted octanol–water partition coefficient (Wildman–Crippen LogP) is 4.74. The Morgan fingerprint density at radius 2 is 1.50 bits per heavy atom. The molecule has 1 aliphatic rings. The molecule has 0 saturated heterocycles. The Balaban J connectivity index is 2.68. The van der Waals surface area contributed by atoms with Gasteiger partial charge in [-0.3, -0.25) is 0 Å². The van der Waals surface area contributed by atoms with E-state index in [2.05, 4.69) is 65.8 Å². The lowest BCUT2D eigenvalue weighted by atomic mass is 9.51. The summed E-state index contributed by atoms with van der Waals surface area (Å²) in [6.45, 7) is 14.4. The molecule has 2 atom stereocenters. The van der Waals surface area contributed by atoms with Crippen LogP contribution in [0.2, 0.25) is 0 Å². The smallest absolute Gasteiger partial charge is 0.00468 e. The maximum atomic E-state index is 2.42. The molecule has 2 unspecified atom stereocenters. The molecule has 0 amide bonds. The summed E-state index contributed by atoms with van der Waals surface area (Å²) in [5, 5.41) is 0. The fourth-order valence-electron chi connectivity index (χ4n) is 3.27. The highest BCUT2D eigenvalue weighted by molar-refractivity contribution is 5.41. The Morgan fingerprint density at radius 3 is 2.12 bits per heavy atom. The fraction of sp³-hybridized carbons (Fsp3) is 0.625. The van der Waals surface area contributed by atoms with Crippen LogP contribution in [0.15, 0.2) is 24.3 Å². The molecule has 88 valence electrons. The van der Waals surface area contributed by atoms with Crippen molar-refractivity contribution in [3.8, 4) is 0 Å². The molecule has 0 radical (unpaired) electrons. The van der Waals surface area contributed by atoms with Crippen molar-refractivity contribution in [2.75, 3.05) is 0 Å². The molecule has 0 spiro atoms. The summed E-state index contributed by atoms with van der Waals surface area (Å²) in [5.74, 6) is 1.39. The quantitative estimate of drug-likeness (QED) is 0.587. The van der Waals surface area contributed by atoms with Gasteiger partial charge in [0.15, 0.2) is 0 Å². The van der Waals surface area contributed by atoms with Crippen molar-refractivity contribution < 1.29 is 0 Å². The van der Waals surface area contributed by atoms with Crippen LogP contribution in [0.1, 0.15) is 58.6 Å². The third-order valence-corrected chi connectivity index (χ3v) is 5.62. The minimum atomic E-state index is 0.259. The first-order valence-electron chi connectivity index (χ1n) is 6.39. The number of benzene rings is 1. The lowest BCUT2D eigenvalue weighted by Gasteiger charge is -2.53. The van der Waals surface area contributed by atoms with Crippen LogP contribution in [0.3, 0.4) is 0 Å². The standard InChI is InChI=1S/C16H24/c1-11-12(2)15(3,4)16(5,6)14-10-8-7-9-13(11)14/h7-12H,1-6H3. The van der Waals surface area contributed by atoms with Gasteiger partial charge in [0.05, 0.1) is 0 Å². The minimum Gasteiger partial charge on any atom is -0.0620 e. The molecule has 1 aliphatic carbocycles. The van der Waals surface area contributed by atoms with Crippen LogP contribution in [0.5, 0.6) is 0 Å². The third kappa shape index (κ3) is 1.28. The number of hydrogen-bond acceptors (Lipinski definition) is 0. The fourth-order valence-corrected chi connectivity index (χ4v) is 3.27. The van der Waals surface area contributed by atoms with Crippen LogP contribution in [-0.4, -0.2) is 0 Å². The van der Waals surface area contributed by atoms with E-state index in [1.807, 2.05) is 0 Å². The average Bonchev–Trinajstić information content (AvgIpc) is 2.25. The molecule has 0 N–H and O–H groups in total. The third-order valence-electron chi connectivity index (χ3n) is 5.62. The number of rotatable bonds is 0. The molecule has 1 aromatic rings. The molecule has 0 nitrogen and oxygen atoms in total. The van der Waals surface area contributed by atoms with Gasteiger partial charge in [-0.1, -0.05) is 65.8 Å². The van der Waals surface area contributed by atoms with Gasteiger partial charge >= 0.3 is 0 Å². The van der Waals surface area contributed by atoms with Gasteiger partial charge in [-0.15, -0.1) is 0 Å². The summed E-state index contributed by atoms with van der Waals surface area (Å²) in [6.07, 6.45) is 0. The number of hydrogen-bond donors (Lipinski definition) is 0. The molecule has 0 saturated carbocycles. The van der Waals surface area contributed by atoms with E-state index >= 15 is 0 Å². The minimum absolute atomic E-state index is 0.259. The first-order valence-corrected chi connectivity index (χ1v) is 6.39. The molecule has 1 aromatic carbocycles. The van der Waals surface area contributed by atoms with Crippen molar-refractivity contribution in [1.82, 2.24) is 0 Å². The summed E-state index contributed by atoms with van der Waals surface area (Å²) in [4.78, 5) is 0. The monoisotopic (exact) mass is 216 g/mol. The van der Waals surface area contributed by atoms with Gasteiger partial charge in [-0.2, -0.15) is 0 Å². The molecule has 16 heavy (non-hydrogen) atoms. The molecule has 0 heterocycles. The zero-order valence-electron chi connectivity index (χ0n) is 11.5. The van der Waals surface area contributed by atoms with Crippen molar-refractivity contribution in [2.24, 2.45) is 11.3 Å². The molecule has 0 aromatic heterocycles. The zero-order chi connectivity index (χ0) is 12.1. The molecule has 0 fully saturated rings. The van der Waals surface area contributed by atoms with Crippen LogP contribution in [0.25, 0.3) is 0 Å². The van der Waals surface area contributed by atoms with Crippen LogP contribution in [0, 0.1) is 11.3 Å². The first-order chi connectivity index (χ1) is 7.30. The van der Waals surface area contributed by atoms with Crippen LogP contribution >= 0.6 is 0 Å². The second kappa shape index (κ2) is 3.35. The van der Waals surface area contributed by atoms with Gasteiger partial charge in [0, 0.05) is 0 Å². The van der Waals surface area contributed by atoms with E-state index in [4.69, 9.17) is 0 Å². The summed E-state index contributed by atoms with van der Waals surface area (Å²) < 4.78 is 0. The topological polar surface area (TPSA) is 0 Å². The second-order valence-corrected chi connectivity index (χ2v) is 6.51. The summed E-state index contributed by atoms with van der Waals surface area (Å²) in [6, 6.07) is 8.99. The SMILES string of the molecule is CC1c2ccccc2C(C)(C)C(C)(C)C1C. The summed E-state index contributed by atoms with van der Waals surface area (Å²) >= 11 is 0. The largest absolute Gasteiger partial charge is 0.0620 e. The van der Waals surface area contributed by atoms with E-state index in [0.717, 1.165) is 5.92 Å². The Kier molecular flexibility index (Phi) is 2.45. The van der Waals surface area contributed by atoms with E-state index in [-0.39, 0.29) is 5.41 Å². The van der Waals surface area contributed by atoms with E-state index in [1.54, 1.807) is 11.1 Å². The van der Waals surface area contributed by atoms with Crippen molar-refractivity contribution in [3.63, 3.8) is 0 Å². The predicted molar refractivity (Wildman–Crippen MR) is 70.8 cm³/mol. The van der Waals surface area contributed by atoms with E-state index < -0.39 is 0 Å². The summed E-state index contributed by atoms with van der Waals surface area (Å²) in [7, 11) is 0. The van der Waals surface area contributed by atoms with Gasteiger partial charge in [0.25, 0.3) is 0 Å². The lowest BCUT2D eigenvalue weighted by molar-refractivity contribution is 0.0793. The Hall–Kier alpha value is -0.780. The highest BCUT2D eigenvalue weighted by Gasteiger charge is 2.49. The van der Waals surface area contributed by atoms with Crippen molar-refractivity contribution >= 4 is 0 Å². The van der Waals surface area contributed by atoms with Gasteiger partial charge in [-0.25, -0.2) is 0 Å². The van der Waals surface area contributed by atoms with Gasteiger partial charge in [0.1, 0.15) is 0 Å². The molecule has 0 heteroatoms. The van der Waals surface area contributed by atoms with E-state index in [9.17, 15) is 0 Å². The maximum Gasteiger partial charge on any atom is -0.00468 e. The molecule has 2 rings (SSSR count). The second-order valence-electron chi connectivity index (χ2n) is 6.51. The maximum absolute atomic E-state index is 2.42. The Bertz CT molecular complexity index is 398. The Labute approximate surface area is 100 Å². The van der Waals surface area contributed by atoms with Crippen LogP contribution in [0.4, 0.5) is 0 Å². The average molecular weight is 216 g/mol. The zero-order valence-corrected chi connectivity index (χ0v) is 11.5. The molecular formula is C16H24. The first kappa shape index (κ1) is 11.7. The van der Waals surface area contributed by atoms with Crippen molar-refractivity contribution in [3.05, 3.63) is 35.4 Å². The summed E-state index contributed by atoms with van der Waals surface area (Å²) in [5.41, 5.74) is 3.71. The van der Waals surface area contributed by atoms with Gasteiger partial charge in [-0.05, 0) is 33.8 Å². The number of fused-ring (bicyclic) bond motifs is 1. The molecule has 0 aliphatic heterocycles. The van der Waals surface area contributed by atoms with E-state index in [1.165, 1.54) is 0 Å². The van der Waals surface area contributed by atoms with E-state index in [0.29, 0.717) is 11.3 Å². The van der Waals surface area contributed by atoms with Crippen LogP contribution in [-0.2, 0) is 5.41 Å². The van der Waals surface area contributed by atoms with Gasteiger partial charge < -0.3 is 0 Å². The lowest BCUT2D eigenvalue weighted by Crippen LogP contribution is -2.47. The molecular weight excluding hydrogens is 192 g/mol. The van der Waals surface area contributed by atoms with Crippen LogP contribution < -0.4 is 0 Å². The molecule has 0 bridgehead atoms. The normalized spacial score (nSPS) is 30.9. The Morgan fingerprint density at radius 1 is 0.938 bits per heavy atom.